The minimum atomic E-state index is -1.20. The van der Waals surface area contributed by atoms with Crippen molar-refractivity contribution in [2.45, 2.75) is 6.54 Å². The van der Waals surface area contributed by atoms with Gasteiger partial charge in [-0.25, -0.2) is 18.6 Å². The second-order valence-electron chi connectivity index (χ2n) is 4.11. The van der Waals surface area contributed by atoms with Crippen LogP contribution in [0.2, 0.25) is 0 Å². The highest BCUT2D eigenvalue weighted by Gasteiger charge is 2.13. The van der Waals surface area contributed by atoms with Gasteiger partial charge >= 0.3 is 5.97 Å². The molecule has 20 heavy (non-hydrogen) atoms. The van der Waals surface area contributed by atoms with E-state index in [1.54, 1.807) is 0 Å². The van der Waals surface area contributed by atoms with Crippen molar-refractivity contribution >= 4 is 17.0 Å². The number of imidazole rings is 1. The third-order valence-electron chi connectivity index (χ3n) is 2.77. The Balaban J connectivity index is 1.98. The van der Waals surface area contributed by atoms with Crippen molar-refractivity contribution in [3.05, 3.63) is 47.6 Å². The number of rotatable bonds is 3. The second kappa shape index (κ2) is 4.41. The van der Waals surface area contributed by atoms with Crippen molar-refractivity contribution in [3.63, 3.8) is 0 Å². The van der Waals surface area contributed by atoms with E-state index < -0.39 is 17.6 Å². The molecule has 6 nitrogen and oxygen atoms in total. The van der Waals surface area contributed by atoms with E-state index in [0.29, 0.717) is 11.0 Å². The Bertz CT molecular complexity index is 809. The van der Waals surface area contributed by atoms with Crippen molar-refractivity contribution in [2.24, 2.45) is 0 Å². The number of carboxylic acids is 1. The van der Waals surface area contributed by atoms with Gasteiger partial charge in [0.15, 0.2) is 23.1 Å². The molecule has 0 saturated heterocycles. The Hall–Kier alpha value is -2.77. The number of nitrogens with zero attached hydrogens (tertiary/aromatic N) is 3. The van der Waals surface area contributed by atoms with Crippen LogP contribution in [0.3, 0.4) is 0 Å². The predicted octanol–water partition coefficient (Wildman–Crippen LogP) is 2.05. The maximum absolute atomic E-state index is 13.2. The van der Waals surface area contributed by atoms with E-state index in [-0.39, 0.29) is 18.0 Å². The summed E-state index contributed by atoms with van der Waals surface area (Å²) in [6, 6.07) is 3.27. The van der Waals surface area contributed by atoms with Gasteiger partial charge in [-0.05, 0) is 0 Å². The monoisotopic (exact) mass is 279 g/mol. The third kappa shape index (κ3) is 2.00. The van der Waals surface area contributed by atoms with E-state index >= 15 is 0 Å². The van der Waals surface area contributed by atoms with Crippen LogP contribution in [0.15, 0.2) is 29.0 Å². The Labute approximate surface area is 110 Å². The van der Waals surface area contributed by atoms with Gasteiger partial charge in [0.25, 0.3) is 0 Å². The molecule has 2 aromatic heterocycles. The minimum Gasteiger partial charge on any atom is -0.476 e. The molecule has 3 aromatic rings. The molecule has 0 radical (unpaired) electrons. The highest BCUT2D eigenvalue weighted by Crippen LogP contribution is 2.18. The molecule has 0 saturated carbocycles. The average molecular weight is 279 g/mol. The first kappa shape index (κ1) is 12.3. The molecule has 0 spiro atoms. The number of halogens is 2. The quantitative estimate of drug-likeness (QED) is 0.793. The summed E-state index contributed by atoms with van der Waals surface area (Å²) in [6.45, 7) is 0.113. The van der Waals surface area contributed by atoms with Crippen molar-refractivity contribution in [1.82, 2.24) is 14.7 Å². The Morgan fingerprint density at radius 1 is 1.30 bits per heavy atom. The van der Waals surface area contributed by atoms with E-state index in [4.69, 9.17) is 9.63 Å². The zero-order valence-corrected chi connectivity index (χ0v) is 9.88. The van der Waals surface area contributed by atoms with E-state index in [0.717, 1.165) is 12.1 Å². The molecule has 1 aromatic carbocycles. The summed E-state index contributed by atoms with van der Waals surface area (Å²) in [6.07, 6.45) is 1.38. The van der Waals surface area contributed by atoms with Crippen LogP contribution in [-0.2, 0) is 6.54 Å². The molecule has 0 bridgehead atoms. The first-order valence-electron chi connectivity index (χ1n) is 5.53. The molecule has 102 valence electrons. The predicted molar refractivity (Wildman–Crippen MR) is 62.2 cm³/mol. The maximum Gasteiger partial charge on any atom is 0.358 e. The molecule has 0 atom stereocenters. The fourth-order valence-corrected chi connectivity index (χ4v) is 1.84. The standard InChI is InChI=1S/C12H7F2N3O3/c13-7-2-9-11(3-8(7)14)17(5-15-9)4-6-1-10(12(18)19)16-20-6/h1-3,5H,4H2,(H,18,19). The minimum absolute atomic E-state index is 0.113. The fraction of sp³-hybridized carbons (Fsp3) is 0.0833. The van der Waals surface area contributed by atoms with Crippen molar-refractivity contribution < 1.29 is 23.2 Å². The smallest absolute Gasteiger partial charge is 0.358 e. The van der Waals surface area contributed by atoms with Crippen molar-refractivity contribution in [3.8, 4) is 0 Å². The zero-order valence-electron chi connectivity index (χ0n) is 9.88. The van der Waals surface area contributed by atoms with Gasteiger partial charge in [0.05, 0.1) is 23.9 Å². The Kier molecular flexibility index (Phi) is 2.70. The summed E-state index contributed by atoms with van der Waals surface area (Å²) < 4.78 is 32.6. The van der Waals surface area contributed by atoms with Crippen molar-refractivity contribution in [2.75, 3.05) is 0 Å². The summed E-state index contributed by atoms with van der Waals surface area (Å²) in [7, 11) is 0. The molecule has 0 aliphatic rings. The van der Waals surface area contributed by atoms with Gasteiger partial charge in [-0.3, -0.25) is 0 Å². The van der Waals surface area contributed by atoms with E-state index in [9.17, 15) is 13.6 Å². The number of benzene rings is 1. The first-order chi connectivity index (χ1) is 9.54. The van der Waals surface area contributed by atoms with Gasteiger partial charge in [0.1, 0.15) is 0 Å². The van der Waals surface area contributed by atoms with Crippen molar-refractivity contribution in [1.29, 1.82) is 0 Å². The molecule has 2 heterocycles. The lowest BCUT2D eigenvalue weighted by atomic mass is 10.3. The van der Waals surface area contributed by atoms with Crippen LogP contribution in [0.25, 0.3) is 11.0 Å². The normalized spacial score (nSPS) is 11.1. The molecular formula is C12H7F2N3O3. The van der Waals surface area contributed by atoms with Crippen LogP contribution in [-0.4, -0.2) is 25.8 Å². The third-order valence-corrected chi connectivity index (χ3v) is 2.77. The van der Waals surface area contributed by atoms with Gasteiger partial charge in [-0.2, -0.15) is 0 Å². The molecule has 0 fully saturated rings. The molecule has 0 aliphatic carbocycles. The van der Waals surface area contributed by atoms with Crippen LogP contribution in [0.1, 0.15) is 16.2 Å². The second-order valence-corrected chi connectivity index (χ2v) is 4.11. The first-order valence-corrected chi connectivity index (χ1v) is 5.53. The number of aromatic carboxylic acids is 1. The van der Waals surface area contributed by atoms with Crippen LogP contribution >= 0.6 is 0 Å². The Morgan fingerprint density at radius 3 is 2.75 bits per heavy atom. The average Bonchev–Trinajstić information content (AvgIpc) is 3.00. The summed E-state index contributed by atoms with van der Waals surface area (Å²) >= 11 is 0. The molecule has 1 N–H and O–H groups in total. The lowest BCUT2D eigenvalue weighted by Gasteiger charge is -2.00. The number of carbonyl (C=O) groups is 1. The topological polar surface area (TPSA) is 81.1 Å². The van der Waals surface area contributed by atoms with Gasteiger partial charge < -0.3 is 14.2 Å². The highest BCUT2D eigenvalue weighted by atomic mass is 19.2. The molecule has 0 amide bonds. The van der Waals surface area contributed by atoms with Crippen LogP contribution < -0.4 is 0 Å². The lowest BCUT2D eigenvalue weighted by Crippen LogP contribution is -1.98. The van der Waals surface area contributed by atoms with Gasteiger partial charge in [-0.1, -0.05) is 5.16 Å². The molecule has 0 unspecified atom stereocenters. The van der Waals surface area contributed by atoms with Crippen LogP contribution in [0.5, 0.6) is 0 Å². The summed E-state index contributed by atoms with van der Waals surface area (Å²) in [5, 5.41) is 12.1. The van der Waals surface area contributed by atoms with E-state index in [2.05, 4.69) is 10.1 Å². The molecule has 3 rings (SSSR count). The van der Waals surface area contributed by atoms with E-state index in [1.807, 2.05) is 0 Å². The molecule has 0 aliphatic heterocycles. The number of carboxylic acid groups (broad SMARTS) is 1. The van der Waals surface area contributed by atoms with Crippen LogP contribution in [0, 0.1) is 11.6 Å². The van der Waals surface area contributed by atoms with E-state index in [1.165, 1.54) is 17.0 Å². The van der Waals surface area contributed by atoms with Gasteiger partial charge in [0.2, 0.25) is 0 Å². The summed E-state index contributed by atoms with van der Waals surface area (Å²) in [5.41, 5.74) is 0.445. The molecule has 8 heteroatoms. The zero-order chi connectivity index (χ0) is 14.3. The summed E-state index contributed by atoms with van der Waals surface area (Å²) in [4.78, 5) is 14.6. The largest absolute Gasteiger partial charge is 0.476 e. The maximum atomic E-state index is 13.2. The Morgan fingerprint density at radius 2 is 2.05 bits per heavy atom. The van der Waals surface area contributed by atoms with Gasteiger partial charge in [-0.15, -0.1) is 0 Å². The number of fused-ring (bicyclic) bond motifs is 1. The SMILES string of the molecule is O=C(O)c1cc(Cn2cnc3cc(F)c(F)cc32)on1. The summed E-state index contributed by atoms with van der Waals surface area (Å²) in [5.74, 6) is -2.89. The fourth-order valence-electron chi connectivity index (χ4n) is 1.84. The number of aromatic nitrogens is 3. The highest BCUT2D eigenvalue weighted by molar-refractivity contribution is 5.85. The lowest BCUT2D eigenvalue weighted by molar-refractivity contribution is 0.0685. The van der Waals surface area contributed by atoms with Gasteiger partial charge in [0, 0.05) is 18.2 Å². The van der Waals surface area contributed by atoms with Crippen LogP contribution in [0.4, 0.5) is 8.78 Å². The molecular weight excluding hydrogens is 272 g/mol. The number of hydrogen-bond acceptors (Lipinski definition) is 4. The number of hydrogen-bond donors (Lipinski definition) is 1.